The van der Waals surface area contributed by atoms with Crippen molar-refractivity contribution in [1.29, 1.82) is 0 Å². The monoisotopic (exact) mass is 202 g/mol. The van der Waals surface area contributed by atoms with Crippen molar-refractivity contribution in [1.82, 2.24) is 0 Å². The van der Waals surface area contributed by atoms with Crippen LogP contribution in [0.15, 0.2) is 18.2 Å². The number of non-ortho nitro benzene ring substituents is 1. The number of rotatable bonds is 2. The number of hydrogen-bond donors (Lipinski definition) is 2. The number of nitro groups is 1. The van der Waals surface area contributed by atoms with E-state index in [1.165, 1.54) is 12.1 Å². The molecule has 13 heavy (non-hydrogen) atoms. The van der Waals surface area contributed by atoms with E-state index in [0.29, 0.717) is 0 Å². The van der Waals surface area contributed by atoms with Crippen LogP contribution in [0.3, 0.4) is 0 Å². The molecule has 0 radical (unpaired) electrons. The minimum atomic E-state index is -1.21. The van der Waals surface area contributed by atoms with Crippen LogP contribution < -0.4 is 5.73 Å². The van der Waals surface area contributed by atoms with Crippen molar-refractivity contribution < 1.29 is 10.0 Å². The third kappa shape index (κ3) is 2.15. The molecule has 1 rings (SSSR count). The average molecular weight is 203 g/mol. The fraction of sp³-hybridized carbons (Fsp3) is 0.143. The number of nitrogens with zero attached hydrogens (tertiary/aromatic N) is 1. The lowest BCUT2D eigenvalue weighted by Gasteiger charge is -2.05. The number of nitrogens with two attached hydrogens (primary N) is 1. The van der Waals surface area contributed by atoms with Gasteiger partial charge in [0.05, 0.1) is 9.95 Å². The van der Waals surface area contributed by atoms with Gasteiger partial charge in [-0.1, -0.05) is 11.6 Å². The molecular weight excluding hydrogens is 196 g/mol. The van der Waals surface area contributed by atoms with E-state index >= 15 is 0 Å². The van der Waals surface area contributed by atoms with E-state index < -0.39 is 11.2 Å². The van der Waals surface area contributed by atoms with E-state index in [0.717, 1.165) is 6.07 Å². The van der Waals surface area contributed by atoms with E-state index in [1.54, 1.807) is 0 Å². The molecule has 0 aliphatic carbocycles. The molecule has 0 amide bonds. The van der Waals surface area contributed by atoms with Crippen LogP contribution in [0.2, 0.25) is 5.02 Å². The Morgan fingerprint density at radius 1 is 1.62 bits per heavy atom. The zero-order valence-corrected chi connectivity index (χ0v) is 7.23. The Bertz CT molecular complexity index is 341. The third-order valence-electron chi connectivity index (χ3n) is 1.51. The molecular formula is C7H7ClN2O3. The van der Waals surface area contributed by atoms with Gasteiger partial charge in [0, 0.05) is 17.7 Å². The molecule has 1 unspecified atom stereocenters. The zero-order chi connectivity index (χ0) is 10.0. The summed E-state index contributed by atoms with van der Waals surface area (Å²) in [6.45, 7) is 0. The summed E-state index contributed by atoms with van der Waals surface area (Å²) in [4.78, 5) is 9.72. The summed E-state index contributed by atoms with van der Waals surface area (Å²) < 4.78 is 0. The molecule has 0 fully saturated rings. The molecule has 0 heterocycles. The van der Waals surface area contributed by atoms with Crippen LogP contribution in [0.5, 0.6) is 0 Å². The van der Waals surface area contributed by atoms with Crippen LogP contribution in [0.4, 0.5) is 5.69 Å². The first-order valence-corrected chi connectivity index (χ1v) is 3.77. The quantitative estimate of drug-likeness (QED) is 0.428. The minimum absolute atomic E-state index is 0.0872. The predicted molar refractivity (Wildman–Crippen MR) is 47.3 cm³/mol. The summed E-state index contributed by atoms with van der Waals surface area (Å²) in [7, 11) is 0. The molecule has 0 saturated carbocycles. The second-order valence-electron chi connectivity index (χ2n) is 2.41. The lowest BCUT2D eigenvalue weighted by Crippen LogP contribution is -2.09. The molecule has 0 bridgehead atoms. The fourth-order valence-corrected chi connectivity index (χ4v) is 1.16. The summed E-state index contributed by atoms with van der Waals surface area (Å²) >= 11 is 5.62. The topological polar surface area (TPSA) is 89.4 Å². The predicted octanol–water partition coefficient (Wildman–Crippen LogP) is 1.20. The highest BCUT2D eigenvalue weighted by Gasteiger charge is 2.12. The van der Waals surface area contributed by atoms with E-state index in [-0.39, 0.29) is 16.3 Å². The summed E-state index contributed by atoms with van der Waals surface area (Å²) in [5.41, 5.74) is 5.28. The fourth-order valence-electron chi connectivity index (χ4n) is 0.869. The molecule has 70 valence electrons. The number of nitro benzene ring substituents is 1. The van der Waals surface area contributed by atoms with Crippen LogP contribution in [0.25, 0.3) is 0 Å². The van der Waals surface area contributed by atoms with Gasteiger partial charge in [0.25, 0.3) is 5.69 Å². The van der Waals surface area contributed by atoms with Crippen LogP contribution in [0, 0.1) is 10.1 Å². The van der Waals surface area contributed by atoms with Crippen LogP contribution >= 0.6 is 11.6 Å². The standard InChI is InChI=1S/C7H7ClN2O3/c8-6-3-4(10(12)13)1-2-5(6)7(9)11/h1-3,7,11H,9H2. The number of hydrogen-bond acceptors (Lipinski definition) is 4. The lowest BCUT2D eigenvalue weighted by atomic mass is 10.2. The van der Waals surface area contributed by atoms with Gasteiger partial charge in [0.2, 0.25) is 0 Å². The molecule has 0 spiro atoms. The van der Waals surface area contributed by atoms with Crippen molar-refractivity contribution in [3.05, 3.63) is 38.9 Å². The third-order valence-corrected chi connectivity index (χ3v) is 1.84. The van der Waals surface area contributed by atoms with E-state index in [2.05, 4.69) is 0 Å². The highest BCUT2D eigenvalue weighted by atomic mass is 35.5. The Kier molecular flexibility index (Phi) is 2.82. The van der Waals surface area contributed by atoms with Crippen molar-refractivity contribution >= 4 is 17.3 Å². The highest BCUT2D eigenvalue weighted by Crippen LogP contribution is 2.24. The van der Waals surface area contributed by atoms with Crippen molar-refractivity contribution in [3.63, 3.8) is 0 Å². The SMILES string of the molecule is NC(O)c1ccc([N+](=O)[O-])cc1Cl. The van der Waals surface area contributed by atoms with Gasteiger partial charge in [0.1, 0.15) is 6.23 Å². The number of halogens is 1. The van der Waals surface area contributed by atoms with Crippen LogP contribution in [0.1, 0.15) is 11.8 Å². The van der Waals surface area contributed by atoms with E-state index in [9.17, 15) is 10.1 Å². The zero-order valence-electron chi connectivity index (χ0n) is 6.48. The van der Waals surface area contributed by atoms with Gasteiger partial charge in [-0.25, -0.2) is 0 Å². The molecule has 1 aromatic carbocycles. The average Bonchev–Trinajstić information content (AvgIpc) is 2.03. The summed E-state index contributed by atoms with van der Waals surface area (Å²) in [5.74, 6) is 0. The molecule has 1 aromatic rings. The van der Waals surface area contributed by atoms with Gasteiger partial charge in [-0.05, 0) is 6.07 Å². The van der Waals surface area contributed by atoms with Gasteiger partial charge in [-0.2, -0.15) is 0 Å². The van der Waals surface area contributed by atoms with Gasteiger partial charge >= 0.3 is 0 Å². The van der Waals surface area contributed by atoms with Gasteiger partial charge in [-0.15, -0.1) is 0 Å². The molecule has 1 atom stereocenters. The first-order valence-electron chi connectivity index (χ1n) is 3.40. The normalized spacial score (nSPS) is 12.5. The molecule has 0 aliphatic heterocycles. The van der Waals surface area contributed by atoms with Crippen molar-refractivity contribution in [3.8, 4) is 0 Å². The molecule has 0 saturated heterocycles. The largest absolute Gasteiger partial charge is 0.374 e. The Morgan fingerprint density at radius 2 is 2.23 bits per heavy atom. The van der Waals surface area contributed by atoms with Gasteiger partial charge < -0.3 is 10.8 Å². The maximum absolute atomic E-state index is 10.3. The Labute approximate surface area is 78.9 Å². The molecule has 0 aromatic heterocycles. The molecule has 5 nitrogen and oxygen atoms in total. The Hall–Kier alpha value is -1.17. The van der Waals surface area contributed by atoms with Gasteiger partial charge in [-0.3, -0.25) is 10.1 Å². The Morgan fingerprint density at radius 3 is 2.62 bits per heavy atom. The van der Waals surface area contributed by atoms with E-state index in [4.69, 9.17) is 22.4 Å². The van der Waals surface area contributed by atoms with Crippen LogP contribution in [-0.2, 0) is 0 Å². The summed E-state index contributed by atoms with van der Waals surface area (Å²) in [6, 6.07) is 3.70. The second-order valence-corrected chi connectivity index (χ2v) is 2.81. The van der Waals surface area contributed by atoms with Crippen LogP contribution in [-0.4, -0.2) is 10.0 Å². The first-order chi connectivity index (χ1) is 6.02. The summed E-state index contributed by atoms with van der Waals surface area (Å²) in [5, 5.41) is 19.3. The molecule has 0 aliphatic rings. The van der Waals surface area contributed by atoms with E-state index in [1.807, 2.05) is 0 Å². The maximum atomic E-state index is 10.3. The number of aliphatic hydroxyl groups is 1. The Balaban J connectivity index is 3.13. The van der Waals surface area contributed by atoms with Crippen molar-refractivity contribution in [2.45, 2.75) is 6.23 Å². The van der Waals surface area contributed by atoms with Gasteiger partial charge in [0.15, 0.2) is 0 Å². The highest BCUT2D eigenvalue weighted by molar-refractivity contribution is 6.31. The number of benzene rings is 1. The number of aliphatic hydroxyl groups excluding tert-OH is 1. The minimum Gasteiger partial charge on any atom is -0.374 e. The maximum Gasteiger partial charge on any atom is 0.270 e. The lowest BCUT2D eigenvalue weighted by molar-refractivity contribution is -0.384. The molecule has 3 N–H and O–H groups in total. The smallest absolute Gasteiger partial charge is 0.270 e. The first kappa shape index (κ1) is 9.91. The summed E-state index contributed by atoms with van der Waals surface area (Å²) in [6.07, 6.45) is -1.21. The van der Waals surface area contributed by atoms with Crippen molar-refractivity contribution in [2.75, 3.05) is 0 Å². The molecule has 6 heteroatoms. The van der Waals surface area contributed by atoms with Crippen molar-refractivity contribution in [2.24, 2.45) is 5.73 Å². The second kappa shape index (κ2) is 3.69.